The van der Waals surface area contributed by atoms with E-state index >= 15 is 0 Å². The maximum atomic E-state index is 12.4. The number of rotatable bonds is 2. The van der Waals surface area contributed by atoms with Crippen LogP contribution in [0.25, 0.3) is 0 Å². The minimum Gasteiger partial charge on any atom is -0.242 e. The van der Waals surface area contributed by atoms with Crippen molar-refractivity contribution < 1.29 is 4.21 Å². The molecule has 2 aliphatic carbocycles. The summed E-state index contributed by atoms with van der Waals surface area (Å²) in [6.45, 7) is 6.14. The van der Waals surface area contributed by atoms with E-state index in [1.54, 1.807) is 0 Å². The van der Waals surface area contributed by atoms with Crippen molar-refractivity contribution in [2.45, 2.75) is 57.2 Å². The van der Waals surface area contributed by atoms with Gasteiger partial charge < -0.3 is 0 Å². The first kappa shape index (κ1) is 14.3. The summed E-state index contributed by atoms with van der Waals surface area (Å²) in [5.74, 6) is 1.30. The Morgan fingerprint density at radius 2 is 1.55 bits per heavy atom. The molecule has 20 heavy (non-hydrogen) atoms. The molecule has 1 N–H and O–H groups in total. The van der Waals surface area contributed by atoms with Crippen LogP contribution in [-0.2, 0) is 23.8 Å². The van der Waals surface area contributed by atoms with E-state index < -0.39 is 11.0 Å². The van der Waals surface area contributed by atoms with Gasteiger partial charge in [-0.2, -0.15) is 0 Å². The molecule has 0 spiro atoms. The lowest BCUT2D eigenvalue weighted by molar-refractivity contribution is 0.391. The third-order valence-corrected chi connectivity index (χ3v) is 6.40. The van der Waals surface area contributed by atoms with Crippen LogP contribution in [0.1, 0.15) is 44.7 Å². The molecule has 2 bridgehead atoms. The summed E-state index contributed by atoms with van der Waals surface area (Å²) < 4.78 is 15.7. The topological polar surface area (TPSA) is 29.1 Å². The van der Waals surface area contributed by atoms with E-state index in [4.69, 9.17) is 0 Å². The fourth-order valence-corrected chi connectivity index (χ4v) is 4.63. The molecule has 1 aromatic carbocycles. The molecule has 2 nitrogen and oxygen atoms in total. The van der Waals surface area contributed by atoms with Gasteiger partial charge in [-0.25, -0.2) is 8.93 Å². The highest BCUT2D eigenvalue weighted by Gasteiger charge is 2.40. The van der Waals surface area contributed by atoms with Gasteiger partial charge in [0.15, 0.2) is 0 Å². The van der Waals surface area contributed by atoms with E-state index in [0.29, 0.717) is 17.9 Å². The molecular formula is C17H25NOS. The number of hydrogen-bond donors (Lipinski definition) is 1. The largest absolute Gasteiger partial charge is 0.242 e. The second-order valence-electron chi connectivity index (χ2n) is 7.30. The maximum absolute atomic E-state index is 12.4. The van der Waals surface area contributed by atoms with Crippen molar-refractivity contribution in [2.75, 3.05) is 0 Å². The van der Waals surface area contributed by atoms with Gasteiger partial charge in [0.25, 0.3) is 0 Å². The Morgan fingerprint density at radius 1 is 1.05 bits per heavy atom. The highest BCUT2D eigenvalue weighted by Crippen LogP contribution is 2.40. The van der Waals surface area contributed by atoms with Crippen LogP contribution < -0.4 is 4.72 Å². The molecule has 1 saturated carbocycles. The summed E-state index contributed by atoms with van der Waals surface area (Å²) in [5.41, 5.74) is 3.01. The predicted molar refractivity (Wildman–Crippen MR) is 84.9 cm³/mol. The summed E-state index contributed by atoms with van der Waals surface area (Å²) in [5, 5.41) is 0. The van der Waals surface area contributed by atoms with Crippen LogP contribution in [0.2, 0.25) is 0 Å². The van der Waals surface area contributed by atoms with Crippen molar-refractivity contribution in [3.8, 4) is 0 Å². The smallest absolute Gasteiger partial charge is 0.0972 e. The highest BCUT2D eigenvalue weighted by atomic mass is 32.2. The zero-order valence-corrected chi connectivity index (χ0v) is 13.5. The first-order valence-electron chi connectivity index (χ1n) is 7.70. The zero-order valence-electron chi connectivity index (χ0n) is 12.7. The maximum Gasteiger partial charge on any atom is 0.0972 e. The fraction of sp³-hybridized carbons (Fsp3) is 0.647. The van der Waals surface area contributed by atoms with Crippen LogP contribution in [0.5, 0.6) is 0 Å². The average Bonchev–Trinajstić information content (AvgIpc) is 2.64. The lowest BCUT2D eigenvalue weighted by atomic mass is 9.94. The highest BCUT2D eigenvalue weighted by molar-refractivity contribution is 7.84. The summed E-state index contributed by atoms with van der Waals surface area (Å²) in [4.78, 5) is 0. The van der Waals surface area contributed by atoms with E-state index in [1.165, 1.54) is 24.0 Å². The molecule has 2 aliphatic rings. The van der Waals surface area contributed by atoms with Crippen molar-refractivity contribution in [3.05, 3.63) is 35.4 Å². The Bertz CT molecular complexity index is 487. The molecule has 1 fully saturated rings. The molecule has 3 heteroatoms. The van der Waals surface area contributed by atoms with Gasteiger partial charge >= 0.3 is 0 Å². The molecule has 3 rings (SSSR count). The quantitative estimate of drug-likeness (QED) is 0.890. The zero-order chi connectivity index (χ0) is 14.3. The lowest BCUT2D eigenvalue weighted by Crippen LogP contribution is -2.44. The van der Waals surface area contributed by atoms with Crippen molar-refractivity contribution in [2.24, 2.45) is 11.8 Å². The number of fused-ring (bicyclic) bond motifs is 3. The van der Waals surface area contributed by atoms with Gasteiger partial charge in [0, 0.05) is 6.04 Å². The molecule has 0 heterocycles. The summed E-state index contributed by atoms with van der Waals surface area (Å²) >= 11 is 0. The Hall–Kier alpha value is -0.670. The van der Waals surface area contributed by atoms with Gasteiger partial charge in [0.2, 0.25) is 0 Å². The monoisotopic (exact) mass is 291 g/mol. The summed E-state index contributed by atoms with van der Waals surface area (Å²) in [7, 11) is -0.959. The standard InChI is InChI=1S/C17H25NOS/c1-17(2,3)20(19)18-16-14-8-9-15(16)11-13-7-5-4-6-12(13)10-14/h4-7,14-16,18H,8-11H2,1-3H3/t14-,15?,16?,20?/m0/s1. The van der Waals surface area contributed by atoms with Gasteiger partial charge in [-0.3, -0.25) is 0 Å². The van der Waals surface area contributed by atoms with Gasteiger partial charge in [0.1, 0.15) is 0 Å². The van der Waals surface area contributed by atoms with E-state index in [1.807, 2.05) is 20.8 Å². The SMILES string of the molecule is CC(C)(C)S(=O)NC1C2CC[C@H]1Cc1ccccc1C2. The minimum absolute atomic E-state index is 0.182. The van der Waals surface area contributed by atoms with Crippen LogP contribution in [0.15, 0.2) is 24.3 Å². The summed E-state index contributed by atoms with van der Waals surface area (Å²) in [6, 6.07) is 9.26. The van der Waals surface area contributed by atoms with Gasteiger partial charge in [-0.05, 0) is 69.4 Å². The third-order valence-electron chi connectivity index (χ3n) is 4.81. The van der Waals surface area contributed by atoms with Crippen LogP contribution >= 0.6 is 0 Å². The minimum atomic E-state index is -0.959. The van der Waals surface area contributed by atoms with Crippen LogP contribution in [0, 0.1) is 11.8 Å². The second kappa shape index (κ2) is 5.27. The molecule has 4 atom stereocenters. The van der Waals surface area contributed by atoms with Crippen LogP contribution in [0.4, 0.5) is 0 Å². The van der Waals surface area contributed by atoms with Crippen molar-refractivity contribution in [1.29, 1.82) is 0 Å². The molecule has 0 amide bonds. The summed E-state index contributed by atoms with van der Waals surface area (Å²) in [6.07, 6.45) is 4.84. The molecule has 3 unspecified atom stereocenters. The predicted octanol–water partition coefficient (Wildman–Crippen LogP) is 3.23. The van der Waals surface area contributed by atoms with E-state index in [2.05, 4.69) is 29.0 Å². The van der Waals surface area contributed by atoms with Crippen LogP contribution in [0.3, 0.4) is 0 Å². The van der Waals surface area contributed by atoms with E-state index in [-0.39, 0.29) is 4.75 Å². The van der Waals surface area contributed by atoms with Gasteiger partial charge in [-0.15, -0.1) is 0 Å². The first-order valence-corrected chi connectivity index (χ1v) is 8.85. The first-order chi connectivity index (χ1) is 9.45. The molecular weight excluding hydrogens is 266 g/mol. The number of nitrogens with one attached hydrogen (secondary N) is 1. The van der Waals surface area contributed by atoms with Gasteiger partial charge in [0.05, 0.1) is 15.7 Å². The van der Waals surface area contributed by atoms with Crippen molar-refractivity contribution in [3.63, 3.8) is 0 Å². The molecule has 110 valence electrons. The van der Waals surface area contributed by atoms with Crippen LogP contribution in [-0.4, -0.2) is 15.0 Å². The Morgan fingerprint density at radius 3 is 2.00 bits per heavy atom. The number of benzene rings is 1. The second-order valence-corrected chi connectivity index (χ2v) is 9.30. The molecule has 1 aromatic rings. The van der Waals surface area contributed by atoms with Crippen molar-refractivity contribution >= 4 is 11.0 Å². The normalized spacial score (nSPS) is 30.6. The average molecular weight is 291 g/mol. The molecule has 0 aromatic heterocycles. The Labute approximate surface area is 124 Å². The fourth-order valence-electron chi connectivity index (χ4n) is 3.64. The lowest BCUT2D eigenvalue weighted by Gasteiger charge is -2.27. The van der Waals surface area contributed by atoms with Gasteiger partial charge in [-0.1, -0.05) is 24.3 Å². The van der Waals surface area contributed by atoms with Crippen molar-refractivity contribution in [1.82, 2.24) is 4.72 Å². The Kier molecular flexibility index (Phi) is 3.76. The van der Waals surface area contributed by atoms with E-state index in [9.17, 15) is 4.21 Å². The molecule has 0 radical (unpaired) electrons. The van der Waals surface area contributed by atoms with E-state index in [0.717, 1.165) is 12.8 Å². The molecule has 0 saturated heterocycles. The number of hydrogen-bond acceptors (Lipinski definition) is 1. The molecule has 0 aliphatic heterocycles. The Balaban J connectivity index is 1.81. The third kappa shape index (κ3) is 2.71.